The van der Waals surface area contributed by atoms with E-state index in [9.17, 15) is 0 Å². The van der Waals surface area contributed by atoms with Gasteiger partial charge in [-0.3, -0.25) is 0 Å². The Bertz CT molecular complexity index is 453. The number of rotatable bonds is 3. The predicted molar refractivity (Wildman–Crippen MR) is 96.1 cm³/mol. The summed E-state index contributed by atoms with van der Waals surface area (Å²) in [5.74, 6) is 3.09. The second-order valence-corrected chi connectivity index (χ2v) is 8.83. The van der Waals surface area contributed by atoms with Crippen LogP contribution in [0, 0.1) is 30.1 Å². The third-order valence-corrected chi connectivity index (χ3v) is 6.72. The van der Waals surface area contributed by atoms with Crippen molar-refractivity contribution >= 4 is 0 Å². The van der Waals surface area contributed by atoms with Gasteiger partial charge in [0.25, 0.3) is 0 Å². The molecular weight excluding hydrogens is 264 g/mol. The molecule has 0 aliphatic heterocycles. The molecule has 1 aromatic rings. The van der Waals surface area contributed by atoms with Crippen molar-refractivity contribution in [2.75, 3.05) is 0 Å². The third kappa shape index (κ3) is 3.94. The molecule has 0 unspecified atom stereocenters. The van der Waals surface area contributed by atoms with Crippen LogP contribution in [0.1, 0.15) is 76.3 Å². The Kier molecular flexibility index (Phi) is 4.95. The van der Waals surface area contributed by atoms with E-state index in [2.05, 4.69) is 45.0 Å². The van der Waals surface area contributed by atoms with Crippen LogP contribution >= 0.6 is 0 Å². The topological polar surface area (TPSA) is 0 Å². The lowest BCUT2D eigenvalue weighted by molar-refractivity contribution is 0.106. The van der Waals surface area contributed by atoms with Crippen molar-refractivity contribution in [2.24, 2.45) is 23.2 Å². The molecule has 0 nitrogen and oxygen atoms in total. The van der Waals surface area contributed by atoms with Crippen LogP contribution in [0.3, 0.4) is 0 Å². The van der Waals surface area contributed by atoms with Gasteiger partial charge >= 0.3 is 0 Å². The summed E-state index contributed by atoms with van der Waals surface area (Å²) in [6.45, 7) is 7.16. The summed E-state index contributed by atoms with van der Waals surface area (Å²) in [4.78, 5) is 0. The minimum atomic E-state index is 0.549. The van der Waals surface area contributed by atoms with Crippen molar-refractivity contribution in [2.45, 2.75) is 78.6 Å². The zero-order chi connectivity index (χ0) is 15.6. The number of benzene rings is 1. The lowest BCUT2D eigenvalue weighted by atomic mass is 9.64. The molecule has 2 saturated carbocycles. The van der Waals surface area contributed by atoms with Crippen LogP contribution < -0.4 is 0 Å². The number of hydrogen-bond acceptors (Lipinski definition) is 0. The fraction of sp³-hybridized carbons (Fsp3) is 0.727. The maximum absolute atomic E-state index is 2.53. The molecular formula is C22H34. The fourth-order valence-corrected chi connectivity index (χ4v) is 4.94. The van der Waals surface area contributed by atoms with Gasteiger partial charge < -0.3 is 0 Å². The Balaban J connectivity index is 1.52. The van der Waals surface area contributed by atoms with Crippen LogP contribution in [0.25, 0.3) is 0 Å². The molecule has 1 aromatic carbocycles. The van der Waals surface area contributed by atoms with Crippen molar-refractivity contribution in [3.05, 3.63) is 35.4 Å². The Morgan fingerprint density at radius 1 is 0.864 bits per heavy atom. The first-order chi connectivity index (χ1) is 10.5. The molecule has 2 fully saturated rings. The molecule has 2 aliphatic carbocycles. The summed E-state index contributed by atoms with van der Waals surface area (Å²) in [6, 6.07) is 9.23. The highest BCUT2D eigenvalue weighted by Gasteiger charge is 2.35. The van der Waals surface area contributed by atoms with Crippen molar-refractivity contribution in [3.63, 3.8) is 0 Å². The SMILES string of the molecule is Cc1ccc(CC2(C)CCC(C3CCC(C)CC3)CC2)cc1. The monoisotopic (exact) mass is 298 g/mol. The van der Waals surface area contributed by atoms with Crippen LogP contribution in [0.2, 0.25) is 0 Å². The van der Waals surface area contributed by atoms with Gasteiger partial charge in [-0.2, -0.15) is 0 Å². The average molecular weight is 299 g/mol. The van der Waals surface area contributed by atoms with E-state index in [0.29, 0.717) is 5.41 Å². The van der Waals surface area contributed by atoms with Gasteiger partial charge in [0.15, 0.2) is 0 Å². The van der Waals surface area contributed by atoms with Crippen LogP contribution in [0.15, 0.2) is 24.3 Å². The molecule has 0 aromatic heterocycles. The Labute approximate surface area is 137 Å². The first-order valence-corrected chi connectivity index (χ1v) is 9.60. The highest BCUT2D eigenvalue weighted by molar-refractivity contribution is 5.22. The zero-order valence-corrected chi connectivity index (χ0v) is 14.9. The third-order valence-electron chi connectivity index (χ3n) is 6.72. The van der Waals surface area contributed by atoms with Gasteiger partial charge in [-0.15, -0.1) is 0 Å². The normalized spacial score (nSPS) is 36.2. The first-order valence-electron chi connectivity index (χ1n) is 9.60. The Morgan fingerprint density at radius 3 is 2.00 bits per heavy atom. The molecule has 0 bridgehead atoms. The van der Waals surface area contributed by atoms with Gasteiger partial charge in [0.2, 0.25) is 0 Å². The van der Waals surface area contributed by atoms with Gasteiger partial charge in [0, 0.05) is 0 Å². The molecule has 0 saturated heterocycles. The summed E-state index contributed by atoms with van der Waals surface area (Å²) in [7, 11) is 0. The lowest BCUT2D eigenvalue weighted by Gasteiger charge is -2.42. The van der Waals surface area contributed by atoms with E-state index in [1.807, 2.05) is 0 Å². The second kappa shape index (κ2) is 6.77. The minimum Gasteiger partial charge on any atom is -0.0625 e. The molecule has 3 rings (SSSR count). The molecule has 122 valence electrons. The summed E-state index contributed by atoms with van der Waals surface area (Å²) in [5.41, 5.74) is 3.47. The second-order valence-electron chi connectivity index (χ2n) is 8.83. The Morgan fingerprint density at radius 2 is 1.41 bits per heavy atom. The molecule has 0 N–H and O–H groups in total. The quantitative estimate of drug-likeness (QED) is 0.592. The lowest BCUT2D eigenvalue weighted by Crippen LogP contribution is -2.31. The molecule has 0 radical (unpaired) electrons. The Hall–Kier alpha value is -0.780. The molecule has 0 atom stereocenters. The van der Waals surface area contributed by atoms with Crippen molar-refractivity contribution in [1.29, 1.82) is 0 Å². The van der Waals surface area contributed by atoms with Gasteiger partial charge in [-0.05, 0) is 80.6 Å². The summed E-state index contributed by atoms with van der Waals surface area (Å²) >= 11 is 0. The summed E-state index contributed by atoms with van der Waals surface area (Å²) in [5, 5.41) is 0. The van der Waals surface area contributed by atoms with E-state index >= 15 is 0 Å². The van der Waals surface area contributed by atoms with E-state index in [1.165, 1.54) is 68.9 Å². The average Bonchev–Trinajstić information content (AvgIpc) is 2.51. The van der Waals surface area contributed by atoms with Crippen LogP contribution in [-0.2, 0) is 6.42 Å². The van der Waals surface area contributed by atoms with Crippen LogP contribution in [0.4, 0.5) is 0 Å². The number of aryl methyl sites for hydroxylation is 1. The summed E-state index contributed by atoms with van der Waals surface area (Å²) in [6.07, 6.45) is 13.1. The van der Waals surface area contributed by atoms with E-state index in [0.717, 1.165) is 17.8 Å². The molecule has 22 heavy (non-hydrogen) atoms. The highest BCUT2D eigenvalue weighted by atomic mass is 14.4. The zero-order valence-electron chi connectivity index (χ0n) is 14.9. The largest absolute Gasteiger partial charge is 0.0625 e. The smallest absolute Gasteiger partial charge is 0.0225 e. The first kappa shape index (κ1) is 16.1. The number of hydrogen-bond donors (Lipinski definition) is 0. The minimum absolute atomic E-state index is 0.549. The van der Waals surface area contributed by atoms with Gasteiger partial charge in [0.1, 0.15) is 0 Å². The van der Waals surface area contributed by atoms with E-state index in [1.54, 1.807) is 0 Å². The van der Waals surface area contributed by atoms with E-state index < -0.39 is 0 Å². The van der Waals surface area contributed by atoms with E-state index in [4.69, 9.17) is 0 Å². The van der Waals surface area contributed by atoms with Gasteiger partial charge in [-0.1, -0.05) is 56.5 Å². The van der Waals surface area contributed by atoms with Crippen molar-refractivity contribution < 1.29 is 0 Å². The molecule has 0 heteroatoms. The molecule has 0 heterocycles. The maximum Gasteiger partial charge on any atom is -0.0225 e. The summed E-state index contributed by atoms with van der Waals surface area (Å²) < 4.78 is 0. The van der Waals surface area contributed by atoms with Gasteiger partial charge in [-0.25, -0.2) is 0 Å². The van der Waals surface area contributed by atoms with Crippen LogP contribution in [0.5, 0.6) is 0 Å². The molecule has 2 aliphatic rings. The predicted octanol–water partition coefficient (Wildman–Crippen LogP) is 6.56. The van der Waals surface area contributed by atoms with Crippen molar-refractivity contribution in [1.82, 2.24) is 0 Å². The molecule has 0 amide bonds. The van der Waals surface area contributed by atoms with Crippen LogP contribution in [-0.4, -0.2) is 0 Å². The standard InChI is InChI=1S/C22H34/c1-17-4-8-19(9-5-17)16-22(3)14-12-21(13-15-22)20-10-6-18(2)7-11-20/h4-5,8-9,18,20-21H,6-7,10-16H2,1-3H3. The molecule has 0 spiro atoms. The van der Waals surface area contributed by atoms with Crippen molar-refractivity contribution in [3.8, 4) is 0 Å². The highest BCUT2D eigenvalue weighted by Crippen LogP contribution is 2.46. The van der Waals surface area contributed by atoms with Gasteiger partial charge in [0.05, 0.1) is 0 Å². The maximum atomic E-state index is 2.53. The van der Waals surface area contributed by atoms with E-state index in [-0.39, 0.29) is 0 Å². The fourth-order valence-electron chi connectivity index (χ4n) is 4.94.